The molecule has 0 bridgehead atoms. The number of nitrogens with zero attached hydrogens (tertiary/aromatic N) is 4. The molecule has 0 atom stereocenters. The first kappa shape index (κ1) is 13.5. The molecule has 21 heavy (non-hydrogen) atoms. The van der Waals surface area contributed by atoms with Crippen LogP contribution in [0.4, 0.5) is 0 Å². The van der Waals surface area contributed by atoms with Crippen LogP contribution >= 0.6 is 0 Å². The largest absolute Gasteiger partial charge is 0.497 e. The molecule has 2 aromatic rings. The van der Waals surface area contributed by atoms with Gasteiger partial charge in [-0.15, -0.1) is 5.10 Å². The van der Waals surface area contributed by atoms with Crippen LogP contribution in [0.3, 0.4) is 0 Å². The van der Waals surface area contributed by atoms with E-state index in [1.165, 1.54) is 13.2 Å². The van der Waals surface area contributed by atoms with E-state index in [0.717, 1.165) is 31.5 Å². The summed E-state index contributed by atoms with van der Waals surface area (Å²) in [6.07, 6.45) is 4.40. The summed E-state index contributed by atoms with van der Waals surface area (Å²) in [5.74, 6) is 0.493. The quantitative estimate of drug-likeness (QED) is 0.925. The van der Waals surface area contributed by atoms with Gasteiger partial charge in [-0.05, 0) is 41.5 Å². The van der Waals surface area contributed by atoms with Gasteiger partial charge in [-0.1, -0.05) is 12.8 Å². The Kier molecular flexibility index (Phi) is 3.55. The van der Waals surface area contributed by atoms with Crippen LogP contribution in [0.25, 0.3) is 5.69 Å². The van der Waals surface area contributed by atoms with Crippen LogP contribution in [0.2, 0.25) is 0 Å². The van der Waals surface area contributed by atoms with E-state index < -0.39 is 5.97 Å². The van der Waals surface area contributed by atoms with E-state index in [1.807, 2.05) is 0 Å². The summed E-state index contributed by atoms with van der Waals surface area (Å²) in [5, 5.41) is 21.2. The van der Waals surface area contributed by atoms with Gasteiger partial charge in [-0.2, -0.15) is 4.68 Å². The molecule has 1 aliphatic rings. The predicted molar refractivity (Wildman–Crippen MR) is 73.9 cm³/mol. The fourth-order valence-electron chi connectivity index (χ4n) is 2.80. The van der Waals surface area contributed by atoms with Crippen LogP contribution < -0.4 is 4.74 Å². The van der Waals surface area contributed by atoms with Gasteiger partial charge in [0.2, 0.25) is 0 Å². The number of rotatable bonds is 4. The molecule has 110 valence electrons. The van der Waals surface area contributed by atoms with Crippen molar-refractivity contribution in [3.63, 3.8) is 0 Å². The Bertz CT molecular complexity index is 662. The summed E-state index contributed by atoms with van der Waals surface area (Å²) in [6.45, 7) is 0. The molecule has 0 radical (unpaired) electrons. The Labute approximate surface area is 121 Å². The van der Waals surface area contributed by atoms with Crippen LogP contribution in [0.1, 0.15) is 47.8 Å². The zero-order valence-electron chi connectivity index (χ0n) is 11.7. The molecule has 1 saturated carbocycles. The molecule has 1 aromatic heterocycles. The number of hydrogen-bond donors (Lipinski definition) is 1. The summed E-state index contributed by atoms with van der Waals surface area (Å²) in [5.41, 5.74) is 0.594. The van der Waals surface area contributed by atoms with E-state index >= 15 is 0 Å². The lowest BCUT2D eigenvalue weighted by atomic mass is 10.1. The zero-order valence-corrected chi connectivity index (χ0v) is 11.7. The van der Waals surface area contributed by atoms with Gasteiger partial charge >= 0.3 is 5.97 Å². The molecule has 0 saturated heterocycles. The number of aromatic carboxylic acids is 1. The smallest absolute Gasteiger partial charge is 0.338 e. The SMILES string of the molecule is COc1ccc(-n2nnnc2C2CCCC2)c(C(=O)O)c1. The molecule has 1 aromatic carbocycles. The highest BCUT2D eigenvalue weighted by Gasteiger charge is 2.25. The van der Waals surface area contributed by atoms with Crippen molar-refractivity contribution >= 4 is 5.97 Å². The van der Waals surface area contributed by atoms with Gasteiger partial charge in [-0.25, -0.2) is 4.79 Å². The molecule has 0 spiro atoms. The van der Waals surface area contributed by atoms with Crippen LogP contribution in [0.5, 0.6) is 5.75 Å². The van der Waals surface area contributed by atoms with Gasteiger partial charge in [0, 0.05) is 5.92 Å². The third-order valence-corrected chi connectivity index (χ3v) is 3.88. The lowest BCUT2D eigenvalue weighted by molar-refractivity contribution is 0.0696. The van der Waals surface area contributed by atoms with Crippen molar-refractivity contribution in [3.8, 4) is 11.4 Å². The summed E-state index contributed by atoms with van der Waals surface area (Å²) >= 11 is 0. The average Bonchev–Trinajstić information content (AvgIpc) is 3.17. The maximum atomic E-state index is 11.5. The van der Waals surface area contributed by atoms with Gasteiger partial charge in [0.05, 0.1) is 18.4 Å². The molecule has 1 fully saturated rings. The number of aromatic nitrogens is 4. The first-order valence-corrected chi connectivity index (χ1v) is 6.90. The molecule has 1 N–H and O–H groups in total. The van der Waals surface area contributed by atoms with E-state index in [1.54, 1.807) is 16.8 Å². The Balaban J connectivity index is 2.08. The lowest BCUT2D eigenvalue weighted by Gasteiger charge is -2.12. The first-order chi connectivity index (χ1) is 10.2. The molecule has 0 amide bonds. The number of hydrogen-bond acceptors (Lipinski definition) is 5. The van der Waals surface area contributed by atoms with Crippen molar-refractivity contribution in [2.75, 3.05) is 7.11 Å². The highest BCUT2D eigenvalue weighted by molar-refractivity contribution is 5.92. The van der Waals surface area contributed by atoms with Crippen LogP contribution in [0.15, 0.2) is 18.2 Å². The van der Waals surface area contributed by atoms with Crippen LogP contribution in [-0.2, 0) is 0 Å². The van der Waals surface area contributed by atoms with Crippen molar-refractivity contribution in [1.82, 2.24) is 20.2 Å². The Morgan fingerprint density at radius 3 is 2.81 bits per heavy atom. The van der Waals surface area contributed by atoms with Gasteiger partial charge in [0.15, 0.2) is 5.82 Å². The molecule has 7 nitrogen and oxygen atoms in total. The third kappa shape index (κ3) is 2.46. The van der Waals surface area contributed by atoms with Crippen molar-refractivity contribution in [1.29, 1.82) is 0 Å². The fourth-order valence-corrected chi connectivity index (χ4v) is 2.80. The van der Waals surface area contributed by atoms with E-state index in [9.17, 15) is 9.90 Å². The van der Waals surface area contributed by atoms with Gasteiger partial charge < -0.3 is 9.84 Å². The number of carboxylic acids is 1. The first-order valence-electron chi connectivity index (χ1n) is 6.90. The second kappa shape index (κ2) is 5.51. The number of benzene rings is 1. The van der Waals surface area contributed by atoms with Gasteiger partial charge in [0.25, 0.3) is 0 Å². The molecule has 7 heteroatoms. The second-order valence-electron chi connectivity index (χ2n) is 5.12. The fraction of sp³-hybridized carbons (Fsp3) is 0.429. The number of methoxy groups -OCH3 is 1. The highest BCUT2D eigenvalue weighted by atomic mass is 16.5. The maximum Gasteiger partial charge on any atom is 0.338 e. The molecule has 3 rings (SSSR count). The third-order valence-electron chi connectivity index (χ3n) is 3.88. The predicted octanol–water partition coefficient (Wildman–Crippen LogP) is 2.03. The van der Waals surface area contributed by atoms with E-state index in [0.29, 0.717) is 17.4 Å². The lowest BCUT2D eigenvalue weighted by Crippen LogP contribution is -2.11. The van der Waals surface area contributed by atoms with Crippen molar-refractivity contribution in [2.24, 2.45) is 0 Å². The van der Waals surface area contributed by atoms with E-state index in [2.05, 4.69) is 15.5 Å². The summed E-state index contributed by atoms with van der Waals surface area (Å²) in [6, 6.07) is 4.87. The minimum absolute atomic E-state index is 0.126. The maximum absolute atomic E-state index is 11.5. The molecule has 1 heterocycles. The molecular weight excluding hydrogens is 272 g/mol. The summed E-state index contributed by atoms with van der Waals surface area (Å²) < 4.78 is 6.62. The normalized spacial score (nSPS) is 15.3. The Morgan fingerprint density at radius 2 is 2.14 bits per heavy atom. The summed E-state index contributed by atoms with van der Waals surface area (Å²) in [4.78, 5) is 11.5. The van der Waals surface area contributed by atoms with Crippen molar-refractivity contribution < 1.29 is 14.6 Å². The highest BCUT2D eigenvalue weighted by Crippen LogP contribution is 2.34. The topological polar surface area (TPSA) is 90.1 Å². The zero-order chi connectivity index (χ0) is 14.8. The Morgan fingerprint density at radius 1 is 1.38 bits per heavy atom. The van der Waals surface area contributed by atoms with E-state index in [4.69, 9.17) is 4.74 Å². The average molecular weight is 288 g/mol. The second-order valence-corrected chi connectivity index (χ2v) is 5.12. The minimum atomic E-state index is -1.03. The molecule has 0 unspecified atom stereocenters. The van der Waals surface area contributed by atoms with Gasteiger partial charge in [-0.3, -0.25) is 0 Å². The number of carbonyl (C=O) groups is 1. The minimum Gasteiger partial charge on any atom is -0.497 e. The molecular formula is C14H16N4O3. The number of ether oxygens (including phenoxy) is 1. The van der Waals surface area contributed by atoms with Crippen LogP contribution in [0, 0.1) is 0 Å². The Hall–Kier alpha value is -2.44. The molecule has 0 aliphatic heterocycles. The van der Waals surface area contributed by atoms with Crippen LogP contribution in [-0.4, -0.2) is 38.4 Å². The van der Waals surface area contributed by atoms with Crippen molar-refractivity contribution in [2.45, 2.75) is 31.6 Å². The number of tetrazole rings is 1. The summed E-state index contributed by atoms with van der Waals surface area (Å²) in [7, 11) is 1.50. The molecule has 1 aliphatic carbocycles. The van der Waals surface area contributed by atoms with Crippen molar-refractivity contribution in [3.05, 3.63) is 29.6 Å². The van der Waals surface area contributed by atoms with E-state index in [-0.39, 0.29) is 5.56 Å². The monoisotopic (exact) mass is 288 g/mol. The van der Waals surface area contributed by atoms with Gasteiger partial charge in [0.1, 0.15) is 5.75 Å². The number of carboxylic acid groups (broad SMARTS) is 1. The standard InChI is InChI=1S/C14H16N4O3/c1-21-10-6-7-12(11(8-10)14(19)20)18-13(15-16-17-18)9-4-2-3-5-9/h6-9H,2-5H2,1H3,(H,19,20).